The number of nitrogens with zero attached hydrogens (tertiary/aromatic N) is 3. The molecule has 2 atom stereocenters. The largest absolute Gasteiger partial charge is 0.459 e. The Hall–Kier alpha value is -3.21. The Kier molecular flexibility index (Phi) is 10.2. The van der Waals surface area contributed by atoms with E-state index in [-0.39, 0.29) is 18.4 Å². The molecule has 0 saturated heterocycles. The van der Waals surface area contributed by atoms with Gasteiger partial charge in [0.05, 0.1) is 0 Å². The number of oxime groups is 1. The maximum Gasteiger partial charge on any atom is 0.416 e. The van der Waals surface area contributed by atoms with Crippen LogP contribution in [0.5, 0.6) is 0 Å². The fourth-order valence-electron chi connectivity index (χ4n) is 3.25. The third kappa shape index (κ3) is 10.2. The van der Waals surface area contributed by atoms with Crippen LogP contribution in [-0.4, -0.2) is 65.1 Å². The predicted octanol–water partition coefficient (Wildman–Crippen LogP) is 2.92. The van der Waals surface area contributed by atoms with E-state index in [2.05, 4.69) is 15.5 Å². The fraction of sp³-hybridized carbons (Fsp3) is 0.640. The number of pyridine rings is 1. The summed E-state index contributed by atoms with van der Waals surface area (Å²) in [6.07, 6.45) is 3.36. The van der Waals surface area contributed by atoms with Crippen LogP contribution in [0.25, 0.3) is 0 Å². The first kappa shape index (κ1) is 29.0. The van der Waals surface area contributed by atoms with Crippen molar-refractivity contribution in [1.82, 2.24) is 10.3 Å². The second-order valence-corrected chi connectivity index (χ2v) is 10.6. The van der Waals surface area contributed by atoms with Crippen LogP contribution in [0.2, 0.25) is 0 Å². The summed E-state index contributed by atoms with van der Waals surface area (Å²) < 4.78 is 10.7. The van der Waals surface area contributed by atoms with Crippen molar-refractivity contribution >= 4 is 29.5 Å². The highest BCUT2D eigenvalue weighted by Gasteiger charge is 2.28. The maximum atomic E-state index is 12.7. The Morgan fingerprint density at radius 2 is 1.83 bits per heavy atom. The molecule has 1 unspecified atom stereocenters. The minimum absolute atomic E-state index is 0.0640. The zero-order chi connectivity index (χ0) is 26.9. The molecule has 200 valence electrons. The Labute approximate surface area is 212 Å². The number of carbonyl (C=O) groups is 3. The zero-order valence-electron chi connectivity index (χ0n) is 22.1. The molecule has 11 nitrogen and oxygen atoms in total. The van der Waals surface area contributed by atoms with E-state index in [1.165, 1.54) is 4.90 Å². The van der Waals surface area contributed by atoms with E-state index in [4.69, 9.17) is 20.0 Å². The third-order valence-electron chi connectivity index (χ3n) is 4.88. The second-order valence-electron chi connectivity index (χ2n) is 10.6. The molecule has 3 N–H and O–H groups in total. The van der Waals surface area contributed by atoms with Crippen molar-refractivity contribution in [2.24, 2.45) is 10.9 Å². The van der Waals surface area contributed by atoms with Crippen LogP contribution in [0.3, 0.4) is 0 Å². The number of carbonyl (C=O) groups excluding carboxylic acids is 3. The van der Waals surface area contributed by atoms with Gasteiger partial charge in [-0.05, 0) is 72.9 Å². The Balaban J connectivity index is 1.76. The minimum Gasteiger partial charge on any atom is -0.459 e. The van der Waals surface area contributed by atoms with Gasteiger partial charge >= 0.3 is 12.1 Å². The molecular formula is C25H39N5O6. The van der Waals surface area contributed by atoms with Crippen molar-refractivity contribution in [1.29, 1.82) is 0 Å². The van der Waals surface area contributed by atoms with Crippen molar-refractivity contribution in [2.45, 2.75) is 90.6 Å². The van der Waals surface area contributed by atoms with Crippen molar-refractivity contribution in [3.8, 4) is 0 Å². The number of rotatable bonds is 10. The van der Waals surface area contributed by atoms with E-state index in [0.717, 1.165) is 6.42 Å². The number of hydrogen-bond acceptors (Lipinski definition) is 9. The monoisotopic (exact) mass is 505 g/mol. The molecule has 0 saturated carbocycles. The van der Waals surface area contributed by atoms with Gasteiger partial charge in [0, 0.05) is 25.7 Å². The zero-order valence-corrected chi connectivity index (χ0v) is 22.1. The maximum absolute atomic E-state index is 12.7. The van der Waals surface area contributed by atoms with Gasteiger partial charge in [-0.3, -0.25) is 14.5 Å². The number of hydrogen-bond donors (Lipinski definition) is 2. The predicted molar refractivity (Wildman–Crippen MR) is 135 cm³/mol. The average molecular weight is 506 g/mol. The molecule has 2 amide bonds. The van der Waals surface area contributed by atoms with Crippen LogP contribution >= 0.6 is 0 Å². The lowest BCUT2D eigenvalue weighted by atomic mass is 10.1. The summed E-state index contributed by atoms with van der Waals surface area (Å²) in [5.41, 5.74) is 4.78. The van der Waals surface area contributed by atoms with E-state index in [9.17, 15) is 14.4 Å². The van der Waals surface area contributed by atoms with Gasteiger partial charge in [-0.2, -0.15) is 0 Å². The molecule has 0 bridgehead atoms. The van der Waals surface area contributed by atoms with Crippen LogP contribution in [0.4, 0.5) is 10.6 Å². The van der Waals surface area contributed by atoms with Gasteiger partial charge in [-0.25, -0.2) is 9.78 Å². The molecule has 11 heteroatoms. The van der Waals surface area contributed by atoms with Crippen LogP contribution in [0.1, 0.15) is 67.2 Å². The summed E-state index contributed by atoms with van der Waals surface area (Å²) in [5.74, 6) is -0.491. The highest BCUT2D eigenvalue weighted by Crippen LogP contribution is 2.20. The van der Waals surface area contributed by atoms with Crippen molar-refractivity contribution in [3.05, 3.63) is 24.4 Å². The molecule has 0 aliphatic carbocycles. The normalized spacial score (nSPS) is 16.4. The van der Waals surface area contributed by atoms with E-state index in [0.29, 0.717) is 31.6 Å². The molecule has 0 radical (unpaired) electrons. The quantitative estimate of drug-likeness (QED) is 0.365. The Morgan fingerprint density at radius 1 is 1.14 bits per heavy atom. The number of nitrogens with two attached hydrogens (primary N) is 1. The van der Waals surface area contributed by atoms with Crippen molar-refractivity contribution < 1.29 is 28.7 Å². The van der Waals surface area contributed by atoms with Crippen molar-refractivity contribution in [2.75, 3.05) is 18.0 Å². The Bertz CT molecular complexity index is 923. The standard InChI is InChI=1S/C25H39N5O6/c1-24(2,3)34-22(32)18(26)16-28-21(31)19-15-17(36-29-19)11-8-10-14-30(20-12-7-9-13-27-20)23(33)35-25(4,5)6/h7,9,12-13,17-18H,8,10-11,14-16,26H2,1-6H3,(H,28,31)/t17?,18-/m0/s1. The first-order valence-electron chi connectivity index (χ1n) is 12.2. The van der Waals surface area contributed by atoms with E-state index in [1.54, 1.807) is 39.1 Å². The first-order valence-corrected chi connectivity index (χ1v) is 12.2. The molecular weight excluding hydrogens is 466 g/mol. The van der Waals surface area contributed by atoms with Gasteiger partial charge < -0.3 is 25.4 Å². The molecule has 0 spiro atoms. The van der Waals surface area contributed by atoms with Crippen molar-refractivity contribution in [3.63, 3.8) is 0 Å². The highest BCUT2D eigenvalue weighted by molar-refractivity contribution is 6.39. The summed E-state index contributed by atoms with van der Waals surface area (Å²) >= 11 is 0. The average Bonchev–Trinajstić information content (AvgIpc) is 3.24. The van der Waals surface area contributed by atoms with Gasteiger partial charge in [-0.1, -0.05) is 11.2 Å². The molecule has 1 aliphatic heterocycles. The first-order chi connectivity index (χ1) is 16.7. The SMILES string of the molecule is CC(C)(C)OC(=O)[C@@H](N)CNC(=O)C1=NOC(CCCCN(C(=O)OC(C)(C)C)c2ccccn2)C1. The van der Waals surface area contributed by atoms with Crippen LogP contribution in [0, 0.1) is 0 Å². The number of aromatic nitrogens is 1. The number of ether oxygens (including phenoxy) is 2. The molecule has 2 heterocycles. The van der Waals surface area contributed by atoms with Crippen LogP contribution < -0.4 is 16.0 Å². The lowest BCUT2D eigenvalue weighted by Crippen LogP contribution is -2.46. The van der Waals surface area contributed by atoms with Gasteiger partial charge in [0.1, 0.15) is 34.9 Å². The van der Waals surface area contributed by atoms with Gasteiger partial charge in [0.15, 0.2) is 0 Å². The minimum atomic E-state index is -0.973. The lowest BCUT2D eigenvalue weighted by Gasteiger charge is -2.26. The summed E-state index contributed by atoms with van der Waals surface area (Å²) in [6, 6.07) is 4.39. The van der Waals surface area contributed by atoms with Crippen LogP contribution in [-0.2, 0) is 23.9 Å². The summed E-state index contributed by atoms with van der Waals surface area (Å²) in [5, 5.41) is 6.48. The van der Waals surface area contributed by atoms with E-state index < -0.39 is 35.2 Å². The molecule has 0 fully saturated rings. The van der Waals surface area contributed by atoms with Gasteiger partial charge in [0.2, 0.25) is 0 Å². The molecule has 0 aromatic carbocycles. The number of unbranched alkanes of at least 4 members (excludes halogenated alkanes) is 1. The number of amides is 2. The van der Waals surface area contributed by atoms with Crippen LogP contribution in [0.15, 0.2) is 29.6 Å². The number of nitrogens with one attached hydrogen (secondary N) is 1. The summed E-state index contributed by atoms with van der Waals surface area (Å²) in [7, 11) is 0. The van der Waals surface area contributed by atoms with Gasteiger partial charge in [-0.15, -0.1) is 0 Å². The summed E-state index contributed by atoms with van der Waals surface area (Å²) in [4.78, 5) is 48.2. The number of esters is 1. The molecule has 2 rings (SSSR count). The molecule has 1 aromatic rings. The number of anilines is 1. The Morgan fingerprint density at radius 3 is 2.44 bits per heavy atom. The molecule has 1 aromatic heterocycles. The molecule has 36 heavy (non-hydrogen) atoms. The fourth-order valence-corrected chi connectivity index (χ4v) is 3.25. The topological polar surface area (TPSA) is 145 Å². The summed E-state index contributed by atoms with van der Waals surface area (Å²) in [6.45, 7) is 11.0. The van der Waals surface area contributed by atoms with E-state index >= 15 is 0 Å². The third-order valence-corrected chi connectivity index (χ3v) is 4.88. The molecule has 1 aliphatic rings. The lowest BCUT2D eigenvalue weighted by molar-refractivity contribution is -0.156. The second kappa shape index (κ2) is 12.7. The van der Waals surface area contributed by atoms with Gasteiger partial charge in [0.25, 0.3) is 5.91 Å². The smallest absolute Gasteiger partial charge is 0.416 e. The highest BCUT2D eigenvalue weighted by atomic mass is 16.6. The van der Waals surface area contributed by atoms with E-state index in [1.807, 2.05) is 26.8 Å².